The van der Waals surface area contributed by atoms with E-state index in [-0.39, 0.29) is 0 Å². The maximum absolute atomic E-state index is 2.35. The first-order valence-electron chi connectivity index (χ1n) is 10.8. The quantitative estimate of drug-likeness (QED) is 0.352. The number of hydrogen-bond acceptors (Lipinski definition) is 0. The molecule has 0 saturated carbocycles. The molecule has 0 nitrogen and oxygen atoms in total. The summed E-state index contributed by atoms with van der Waals surface area (Å²) in [5.74, 6) is 0. The van der Waals surface area contributed by atoms with Gasteiger partial charge in [0.15, 0.2) is 36.3 Å². The topological polar surface area (TPSA) is 0 Å². The van der Waals surface area contributed by atoms with Crippen LogP contribution >= 0.6 is 15.1 Å². The van der Waals surface area contributed by atoms with Gasteiger partial charge in [0.1, 0.15) is 0 Å². The summed E-state index contributed by atoms with van der Waals surface area (Å²) in [5, 5.41) is 8.43. The van der Waals surface area contributed by atoms with Crippen molar-refractivity contribution in [3.05, 3.63) is 146 Å². The van der Waals surface area contributed by atoms with E-state index >= 15 is 0 Å². The van der Waals surface area contributed by atoms with Gasteiger partial charge in [-0.3, -0.25) is 0 Å². The highest BCUT2D eigenvalue weighted by Gasteiger charge is 2.34. The molecule has 4 aromatic rings. The molecule has 4 aromatic carbocycles. The van der Waals surface area contributed by atoms with Crippen LogP contribution in [0, 0.1) is 0 Å². The fraction of sp³-hybridized carbons (Fsp3) is 0. The van der Waals surface area contributed by atoms with E-state index in [4.69, 9.17) is 0 Å². The maximum Gasteiger partial charge on any atom is 0.204 e. The molecule has 0 amide bonds. The van der Waals surface area contributed by atoms with Crippen LogP contribution in [0.4, 0.5) is 0 Å². The van der Waals surface area contributed by atoms with Crippen LogP contribution in [0.25, 0.3) is 0 Å². The molecule has 0 atom stereocenters. The van der Waals surface area contributed by atoms with Gasteiger partial charge in [0.2, 0.25) is 10.6 Å². The van der Waals surface area contributed by atoms with E-state index in [1.54, 1.807) is 0 Å². The third-order valence-corrected chi connectivity index (χ3v) is 10.6. The zero-order valence-electron chi connectivity index (χ0n) is 17.8. The van der Waals surface area contributed by atoms with Crippen molar-refractivity contribution in [3.63, 3.8) is 0 Å². The highest BCUT2D eigenvalue weighted by atomic mass is 31.1. The summed E-state index contributed by atoms with van der Waals surface area (Å²) < 4.78 is 0. The lowest BCUT2D eigenvalue weighted by Gasteiger charge is -2.07. The predicted molar refractivity (Wildman–Crippen MR) is 146 cm³/mol. The van der Waals surface area contributed by atoms with Gasteiger partial charge in [-0.25, -0.2) is 0 Å². The van der Waals surface area contributed by atoms with Crippen molar-refractivity contribution in [1.29, 1.82) is 0 Å². The van der Waals surface area contributed by atoms with Crippen LogP contribution in [-0.4, -0.2) is 10.6 Å². The minimum Gasteiger partial charge on any atom is -0.0619 e. The van der Waals surface area contributed by atoms with E-state index < -0.39 is 15.1 Å². The first kappa shape index (κ1) is 20.6. The third kappa shape index (κ3) is 4.35. The molecule has 2 heteroatoms. The standard InChI is InChI=1S/C30H24P2/c1-5-15-25(16-6-1)31(26-17-7-2-8-18-26)29-23-13-14-24-30(29)32(27-19-9-3-10-20-27)28-21-11-4-12-22-28/h1-24H/q+2. The Morgan fingerprint density at radius 1 is 0.312 bits per heavy atom. The molecule has 0 unspecified atom stereocenters. The summed E-state index contributed by atoms with van der Waals surface area (Å²) in [6, 6.07) is 43.9. The molecule has 0 spiro atoms. The van der Waals surface area contributed by atoms with Crippen LogP contribution in [0.3, 0.4) is 0 Å². The lowest BCUT2D eigenvalue weighted by atomic mass is 10.2. The van der Waals surface area contributed by atoms with Gasteiger partial charge in [-0.15, -0.1) is 0 Å². The molecule has 0 fully saturated rings. The molecule has 32 heavy (non-hydrogen) atoms. The number of hydrogen-bond donors (Lipinski definition) is 0. The largest absolute Gasteiger partial charge is 0.204 e. The second kappa shape index (κ2) is 9.88. The van der Waals surface area contributed by atoms with Crippen LogP contribution in [0.1, 0.15) is 0 Å². The van der Waals surface area contributed by atoms with Crippen molar-refractivity contribution in [2.45, 2.75) is 0 Å². The van der Waals surface area contributed by atoms with Gasteiger partial charge in [-0.2, -0.15) is 0 Å². The van der Waals surface area contributed by atoms with E-state index in [2.05, 4.69) is 146 Å². The van der Waals surface area contributed by atoms with Crippen LogP contribution in [0.2, 0.25) is 0 Å². The zero-order chi connectivity index (χ0) is 21.6. The molecule has 0 bridgehead atoms. The Bertz CT molecular complexity index is 1130. The fourth-order valence-electron chi connectivity index (χ4n) is 4.01. The highest BCUT2D eigenvalue weighted by Crippen LogP contribution is 2.33. The summed E-state index contributed by atoms with van der Waals surface area (Å²) in [4.78, 5) is 0. The summed E-state index contributed by atoms with van der Waals surface area (Å²) in [7, 11) is -1.33. The molecule has 1 aliphatic carbocycles. The molecular formula is C30H24P2+2. The Morgan fingerprint density at radius 2 is 0.562 bits per heavy atom. The van der Waals surface area contributed by atoms with E-state index in [1.807, 2.05) is 0 Å². The van der Waals surface area contributed by atoms with Crippen molar-refractivity contribution >= 4 is 46.9 Å². The van der Waals surface area contributed by atoms with E-state index in [1.165, 1.54) is 31.8 Å². The lowest BCUT2D eigenvalue weighted by molar-refractivity contribution is 1.76. The summed E-state index contributed by atoms with van der Waals surface area (Å²) in [6.45, 7) is 0. The highest BCUT2D eigenvalue weighted by molar-refractivity contribution is 7.82. The molecule has 5 rings (SSSR count). The predicted octanol–water partition coefficient (Wildman–Crippen LogP) is 5.72. The molecule has 0 saturated heterocycles. The minimum absolute atomic E-state index is 0.664. The van der Waals surface area contributed by atoms with Crippen molar-refractivity contribution < 1.29 is 0 Å². The normalized spacial score (nSPS) is 12.6. The molecule has 0 N–H and O–H groups in total. The van der Waals surface area contributed by atoms with Gasteiger partial charge < -0.3 is 0 Å². The van der Waals surface area contributed by atoms with Gasteiger partial charge in [0.05, 0.1) is 0 Å². The van der Waals surface area contributed by atoms with Gasteiger partial charge >= 0.3 is 0 Å². The van der Waals surface area contributed by atoms with Crippen LogP contribution < -0.4 is 21.2 Å². The van der Waals surface area contributed by atoms with E-state index in [0.717, 1.165) is 0 Å². The van der Waals surface area contributed by atoms with Crippen molar-refractivity contribution in [3.8, 4) is 0 Å². The minimum atomic E-state index is -0.664. The van der Waals surface area contributed by atoms with Crippen molar-refractivity contribution in [2.24, 2.45) is 0 Å². The summed E-state index contributed by atoms with van der Waals surface area (Å²) in [5.41, 5.74) is 0. The van der Waals surface area contributed by atoms with Crippen LogP contribution in [0.5, 0.6) is 0 Å². The van der Waals surface area contributed by atoms with Crippen molar-refractivity contribution in [1.82, 2.24) is 0 Å². The number of benzene rings is 4. The van der Waals surface area contributed by atoms with Crippen molar-refractivity contribution in [2.75, 3.05) is 0 Å². The Hall–Kier alpha value is -3.30. The van der Waals surface area contributed by atoms with Gasteiger partial charge in [-0.1, -0.05) is 84.9 Å². The second-order valence-electron chi connectivity index (χ2n) is 7.50. The van der Waals surface area contributed by atoms with E-state index in [9.17, 15) is 0 Å². The fourth-order valence-corrected chi connectivity index (χ4v) is 9.27. The molecular weight excluding hydrogens is 422 g/mol. The summed E-state index contributed by atoms with van der Waals surface area (Å²) in [6.07, 6.45) is 9.09. The van der Waals surface area contributed by atoms with Gasteiger partial charge in [0, 0.05) is 0 Å². The number of rotatable bonds is 4. The molecule has 0 radical (unpaired) electrons. The number of allylic oxidation sites excluding steroid dienone is 4. The monoisotopic (exact) mass is 446 g/mol. The first-order chi connectivity index (χ1) is 15.9. The smallest absolute Gasteiger partial charge is 0.0619 e. The third-order valence-electron chi connectivity index (χ3n) is 5.42. The summed E-state index contributed by atoms with van der Waals surface area (Å²) >= 11 is 0. The Morgan fingerprint density at radius 3 is 0.812 bits per heavy atom. The zero-order valence-corrected chi connectivity index (χ0v) is 19.5. The molecule has 152 valence electrons. The molecule has 1 aliphatic rings. The second-order valence-corrected chi connectivity index (χ2v) is 11.9. The SMILES string of the molecule is C1=CC(=[P+](c2ccccc2)c2ccccc2)C(=[P+](c2ccccc2)c2ccccc2)C=C1. The first-order valence-corrected chi connectivity index (χ1v) is 13.5. The molecule has 0 aromatic heterocycles. The average molecular weight is 446 g/mol. The Balaban J connectivity index is 1.87. The van der Waals surface area contributed by atoms with E-state index in [0.29, 0.717) is 0 Å². The average Bonchev–Trinajstić information content (AvgIpc) is 2.88. The lowest BCUT2D eigenvalue weighted by Crippen LogP contribution is -2.22. The van der Waals surface area contributed by atoms with Gasteiger partial charge in [0.25, 0.3) is 0 Å². The van der Waals surface area contributed by atoms with Crippen LogP contribution in [0.15, 0.2) is 146 Å². The molecule has 0 heterocycles. The Kier molecular flexibility index (Phi) is 6.36. The molecule has 0 aliphatic heterocycles. The van der Waals surface area contributed by atoms with Gasteiger partial charge in [-0.05, 0) is 60.7 Å². The van der Waals surface area contributed by atoms with Crippen LogP contribution in [-0.2, 0) is 0 Å². The maximum atomic E-state index is 2.35. The Labute approximate surface area is 192 Å².